The Morgan fingerprint density at radius 2 is 1.83 bits per heavy atom. The molecule has 4 nitrogen and oxygen atoms in total. The number of piperazine rings is 1. The number of ether oxygens (including phenoxy) is 1. The van der Waals surface area contributed by atoms with Crippen molar-refractivity contribution in [1.82, 2.24) is 15.1 Å². The number of nitrogens with zero attached hydrogens (tertiary/aromatic N) is 2. The van der Waals surface area contributed by atoms with Crippen LogP contribution in [0.2, 0.25) is 0 Å². The molecule has 4 heteroatoms. The average molecular weight is 319 g/mol. The van der Waals surface area contributed by atoms with Gasteiger partial charge >= 0.3 is 0 Å². The van der Waals surface area contributed by atoms with E-state index in [9.17, 15) is 0 Å². The van der Waals surface area contributed by atoms with Crippen molar-refractivity contribution in [2.45, 2.75) is 33.7 Å². The molecular weight excluding hydrogens is 286 g/mol. The van der Waals surface area contributed by atoms with Crippen molar-refractivity contribution in [3.05, 3.63) is 28.8 Å². The molecule has 1 heterocycles. The van der Waals surface area contributed by atoms with Gasteiger partial charge < -0.3 is 10.1 Å². The second kappa shape index (κ2) is 8.67. The van der Waals surface area contributed by atoms with Crippen LogP contribution in [0.1, 0.15) is 36.6 Å². The molecule has 1 atom stereocenters. The SMILES string of the molecule is CCN(CC)C(CN1CCNCC1)c1cc(C)cc(C)c1OC. The Labute approximate surface area is 141 Å². The Morgan fingerprint density at radius 1 is 1.17 bits per heavy atom. The van der Waals surface area contributed by atoms with Crippen LogP contribution in [0, 0.1) is 13.8 Å². The molecule has 0 spiro atoms. The summed E-state index contributed by atoms with van der Waals surface area (Å²) in [5.41, 5.74) is 3.89. The Bertz CT molecular complexity index is 494. The minimum atomic E-state index is 0.386. The number of hydrogen-bond donors (Lipinski definition) is 1. The molecule has 1 aromatic carbocycles. The van der Waals surface area contributed by atoms with Crippen LogP contribution >= 0.6 is 0 Å². The van der Waals surface area contributed by atoms with E-state index < -0.39 is 0 Å². The van der Waals surface area contributed by atoms with Crippen LogP contribution in [-0.2, 0) is 0 Å². The van der Waals surface area contributed by atoms with Gasteiger partial charge in [0.1, 0.15) is 5.75 Å². The molecule has 1 unspecified atom stereocenters. The summed E-state index contributed by atoms with van der Waals surface area (Å²) in [5, 5.41) is 3.45. The monoisotopic (exact) mass is 319 g/mol. The van der Waals surface area contributed by atoms with Crippen molar-refractivity contribution in [2.24, 2.45) is 0 Å². The fourth-order valence-corrected chi connectivity index (χ4v) is 3.73. The van der Waals surface area contributed by atoms with Crippen LogP contribution in [0.15, 0.2) is 12.1 Å². The summed E-state index contributed by atoms with van der Waals surface area (Å²) < 4.78 is 5.78. The van der Waals surface area contributed by atoms with Gasteiger partial charge in [-0.1, -0.05) is 31.5 Å². The molecule has 1 N–H and O–H groups in total. The van der Waals surface area contributed by atoms with Gasteiger partial charge in [-0.3, -0.25) is 9.80 Å². The number of nitrogens with one attached hydrogen (secondary N) is 1. The van der Waals surface area contributed by atoms with Gasteiger partial charge in [0.15, 0.2) is 0 Å². The van der Waals surface area contributed by atoms with Crippen LogP contribution in [0.4, 0.5) is 0 Å². The zero-order valence-electron chi connectivity index (χ0n) is 15.5. The van der Waals surface area contributed by atoms with Crippen molar-refractivity contribution >= 4 is 0 Å². The summed E-state index contributed by atoms with van der Waals surface area (Å²) in [5.74, 6) is 1.06. The lowest BCUT2D eigenvalue weighted by Gasteiger charge is -2.37. The summed E-state index contributed by atoms with van der Waals surface area (Å²) in [4.78, 5) is 5.13. The highest BCUT2D eigenvalue weighted by Crippen LogP contribution is 2.34. The summed E-state index contributed by atoms with van der Waals surface area (Å²) >= 11 is 0. The summed E-state index contributed by atoms with van der Waals surface area (Å²) in [6.07, 6.45) is 0. The van der Waals surface area contributed by atoms with E-state index in [2.05, 4.69) is 54.9 Å². The van der Waals surface area contributed by atoms with E-state index in [0.29, 0.717) is 6.04 Å². The highest BCUT2D eigenvalue weighted by Gasteiger charge is 2.26. The Balaban J connectivity index is 2.36. The highest BCUT2D eigenvalue weighted by molar-refractivity contribution is 5.45. The minimum Gasteiger partial charge on any atom is -0.496 e. The lowest BCUT2D eigenvalue weighted by molar-refractivity contribution is 0.136. The molecule has 2 rings (SSSR count). The van der Waals surface area contributed by atoms with Crippen LogP contribution in [-0.4, -0.2) is 62.7 Å². The minimum absolute atomic E-state index is 0.386. The molecule has 0 aromatic heterocycles. The predicted octanol–water partition coefficient (Wildman–Crippen LogP) is 2.60. The van der Waals surface area contributed by atoms with Gasteiger partial charge in [-0.25, -0.2) is 0 Å². The third-order valence-electron chi connectivity index (χ3n) is 4.90. The highest BCUT2D eigenvalue weighted by atomic mass is 16.5. The van der Waals surface area contributed by atoms with Crippen LogP contribution in [0.3, 0.4) is 0 Å². The maximum atomic E-state index is 5.78. The quantitative estimate of drug-likeness (QED) is 0.836. The lowest BCUT2D eigenvalue weighted by atomic mass is 9.97. The van der Waals surface area contributed by atoms with Gasteiger partial charge in [0.25, 0.3) is 0 Å². The zero-order valence-corrected chi connectivity index (χ0v) is 15.5. The molecule has 1 fully saturated rings. The molecule has 1 aliphatic rings. The van der Waals surface area contributed by atoms with Crippen molar-refractivity contribution in [3.63, 3.8) is 0 Å². The number of benzene rings is 1. The molecule has 130 valence electrons. The molecule has 1 saturated heterocycles. The average Bonchev–Trinajstić information content (AvgIpc) is 2.55. The van der Waals surface area contributed by atoms with Gasteiger partial charge in [0.05, 0.1) is 13.2 Å². The van der Waals surface area contributed by atoms with Gasteiger partial charge in [0.2, 0.25) is 0 Å². The molecule has 23 heavy (non-hydrogen) atoms. The third kappa shape index (κ3) is 4.46. The summed E-state index contributed by atoms with van der Waals surface area (Å²) in [6.45, 7) is 16.5. The van der Waals surface area contributed by atoms with E-state index >= 15 is 0 Å². The van der Waals surface area contributed by atoms with E-state index in [1.807, 2.05) is 0 Å². The van der Waals surface area contributed by atoms with Crippen LogP contribution in [0.25, 0.3) is 0 Å². The van der Waals surface area contributed by atoms with Gasteiger partial charge in [-0.15, -0.1) is 0 Å². The molecule has 0 radical (unpaired) electrons. The normalized spacial score (nSPS) is 17.5. The van der Waals surface area contributed by atoms with Gasteiger partial charge in [0, 0.05) is 38.3 Å². The van der Waals surface area contributed by atoms with Gasteiger partial charge in [-0.2, -0.15) is 0 Å². The maximum Gasteiger partial charge on any atom is 0.126 e. The lowest BCUT2D eigenvalue weighted by Crippen LogP contribution is -2.47. The first-order valence-electron chi connectivity index (χ1n) is 8.92. The first-order chi connectivity index (χ1) is 11.1. The second-order valence-electron chi connectivity index (χ2n) is 6.49. The number of hydrogen-bond acceptors (Lipinski definition) is 4. The number of rotatable bonds is 7. The van der Waals surface area contributed by atoms with E-state index in [1.54, 1.807) is 7.11 Å². The van der Waals surface area contributed by atoms with Crippen LogP contribution in [0.5, 0.6) is 5.75 Å². The zero-order chi connectivity index (χ0) is 16.8. The van der Waals surface area contributed by atoms with E-state index in [4.69, 9.17) is 4.74 Å². The fraction of sp³-hybridized carbons (Fsp3) is 0.684. The maximum absolute atomic E-state index is 5.78. The molecule has 0 aliphatic carbocycles. The van der Waals surface area contributed by atoms with Crippen molar-refractivity contribution in [2.75, 3.05) is 52.9 Å². The first kappa shape index (κ1) is 18.2. The smallest absolute Gasteiger partial charge is 0.126 e. The molecular formula is C19H33N3O. The Hall–Kier alpha value is -1.10. The van der Waals surface area contributed by atoms with Crippen molar-refractivity contribution < 1.29 is 4.74 Å². The number of likely N-dealkylation sites (N-methyl/N-ethyl adjacent to an activating group) is 1. The third-order valence-corrected chi connectivity index (χ3v) is 4.90. The molecule has 0 saturated carbocycles. The van der Waals surface area contributed by atoms with Crippen molar-refractivity contribution in [1.29, 1.82) is 0 Å². The van der Waals surface area contributed by atoms with Crippen LogP contribution < -0.4 is 10.1 Å². The van der Waals surface area contributed by atoms with Gasteiger partial charge in [-0.05, 0) is 32.5 Å². The second-order valence-corrected chi connectivity index (χ2v) is 6.49. The summed E-state index contributed by atoms with van der Waals surface area (Å²) in [6, 6.07) is 4.92. The van der Waals surface area contributed by atoms with Crippen molar-refractivity contribution in [3.8, 4) is 5.75 Å². The van der Waals surface area contributed by atoms with E-state index in [-0.39, 0.29) is 0 Å². The molecule has 0 bridgehead atoms. The Kier molecular flexibility index (Phi) is 6.88. The standard InChI is InChI=1S/C19H33N3O/c1-6-22(7-2)18(14-21-10-8-20-9-11-21)17-13-15(3)12-16(4)19(17)23-5/h12-13,18,20H,6-11,14H2,1-5H3. The first-order valence-corrected chi connectivity index (χ1v) is 8.92. The number of aryl methyl sites for hydroxylation is 2. The fourth-order valence-electron chi connectivity index (χ4n) is 3.73. The summed E-state index contributed by atoms with van der Waals surface area (Å²) in [7, 11) is 1.80. The number of methoxy groups -OCH3 is 1. The predicted molar refractivity (Wildman–Crippen MR) is 97.4 cm³/mol. The molecule has 1 aromatic rings. The topological polar surface area (TPSA) is 27.7 Å². The largest absolute Gasteiger partial charge is 0.496 e. The molecule has 1 aliphatic heterocycles. The van der Waals surface area contributed by atoms with E-state index in [0.717, 1.165) is 51.6 Å². The Morgan fingerprint density at radius 3 is 2.39 bits per heavy atom. The molecule has 0 amide bonds. The van der Waals surface area contributed by atoms with E-state index in [1.165, 1.54) is 16.7 Å².